The van der Waals surface area contributed by atoms with Gasteiger partial charge in [-0.2, -0.15) is 0 Å². The smallest absolute Gasteiger partial charge is 0.210 e. The quantitative estimate of drug-likeness (QED) is 0.603. The van der Waals surface area contributed by atoms with Gasteiger partial charge in [-0.1, -0.05) is 24.6 Å². The van der Waals surface area contributed by atoms with Crippen LogP contribution in [0, 0.1) is 25.6 Å². The molecule has 3 aromatic rings. The molecule has 0 N–H and O–H groups in total. The Labute approximate surface area is 171 Å². The third kappa shape index (κ3) is 3.62. The Balaban J connectivity index is 1.96. The molecule has 29 heavy (non-hydrogen) atoms. The number of hydrogen-bond donors (Lipinski definition) is 0. The highest BCUT2D eigenvalue weighted by Gasteiger charge is 2.29. The van der Waals surface area contributed by atoms with Crippen molar-refractivity contribution in [3.8, 4) is 0 Å². The highest BCUT2D eigenvalue weighted by atomic mass is 32.2. The number of aryl methyl sites for hydroxylation is 2. The van der Waals surface area contributed by atoms with Crippen LogP contribution in [0.5, 0.6) is 0 Å². The number of anilines is 1. The molecule has 0 aliphatic carbocycles. The average molecular weight is 413 g/mol. The molecule has 2 heterocycles. The maximum Gasteiger partial charge on any atom is 0.210 e. The first-order valence-corrected chi connectivity index (χ1v) is 11.4. The van der Waals surface area contributed by atoms with E-state index in [0.29, 0.717) is 17.2 Å². The van der Waals surface area contributed by atoms with E-state index in [1.54, 1.807) is 6.92 Å². The molecule has 1 aromatic heterocycles. The summed E-state index contributed by atoms with van der Waals surface area (Å²) in [7, 11) is -3.92. The van der Waals surface area contributed by atoms with Crippen LogP contribution in [0.3, 0.4) is 0 Å². The number of halogens is 1. The van der Waals surface area contributed by atoms with Gasteiger partial charge >= 0.3 is 0 Å². The summed E-state index contributed by atoms with van der Waals surface area (Å²) in [6, 6.07) is 9.96. The summed E-state index contributed by atoms with van der Waals surface area (Å²) in [6.45, 7) is 7.40. The molecule has 0 bridgehead atoms. The molecule has 0 unspecified atom stereocenters. The highest BCUT2D eigenvalue weighted by Crippen LogP contribution is 2.38. The first-order chi connectivity index (χ1) is 13.8. The predicted molar refractivity (Wildman–Crippen MR) is 114 cm³/mol. The second kappa shape index (κ2) is 7.41. The number of aromatic nitrogens is 1. The first-order valence-electron chi connectivity index (χ1n) is 9.93. The maximum atomic E-state index is 14.1. The monoisotopic (exact) mass is 412 g/mol. The molecule has 1 fully saturated rings. The molecular weight excluding hydrogens is 387 g/mol. The van der Waals surface area contributed by atoms with Crippen LogP contribution in [-0.4, -0.2) is 26.5 Å². The Bertz CT molecular complexity index is 1180. The van der Waals surface area contributed by atoms with Crippen LogP contribution in [0.25, 0.3) is 10.9 Å². The fourth-order valence-corrected chi connectivity index (χ4v) is 5.34. The molecule has 0 atom stereocenters. The minimum atomic E-state index is -3.92. The molecule has 4 nitrogen and oxygen atoms in total. The van der Waals surface area contributed by atoms with Crippen molar-refractivity contribution < 1.29 is 12.8 Å². The number of benzene rings is 2. The average Bonchev–Trinajstić information content (AvgIpc) is 2.69. The van der Waals surface area contributed by atoms with Crippen LogP contribution < -0.4 is 4.90 Å². The lowest BCUT2D eigenvalue weighted by molar-refractivity contribution is 0.437. The summed E-state index contributed by atoms with van der Waals surface area (Å²) in [5.41, 5.74) is 2.91. The molecule has 0 amide bonds. The zero-order chi connectivity index (χ0) is 20.8. The standard InChI is InChI=1S/C23H25FN2O2S/c1-15-8-10-26(11-9-15)23-19-12-16(2)4-7-21(19)25-14-22(23)29(27,28)18-6-5-17(3)20(24)13-18/h4-7,12-15H,8-11H2,1-3H3. The van der Waals surface area contributed by atoms with E-state index in [9.17, 15) is 12.8 Å². The first kappa shape index (κ1) is 19.8. The van der Waals surface area contributed by atoms with E-state index < -0.39 is 15.7 Å². The maximum absolute atomic E-state index is 14.1. The van der Waals surface area contributed by atoms with Gasteiger partial charge in [-0.15, -0.1) is 0 Å². The second-order valence-electron chi connectivity index (χ2n) is 8.08. The molecule has 0 radical (unpaired) electrons. The molecular formula is C23H25FN2O2S. The number of pyridine rings is 1. The van der Waals surface area contributed by atoms with E-state index in [1.807, 2.05) is 25.1 Å². The Hall–Kier alpha value is -2.47. The largest absolute Gasteiger partial charge is 0.370 e. The van der Waals surface area contributed by atoms with Crippen molar-refractivity contribution in [2.75, 3.05) is 18.0 Å². The van der Waals surface area contributed by atoms with Crippen LogP contribution in [-0.2, 0) is 9.84 Å². The normalized spacial score (nSPS) is 15.8. The van der Waals surface area contributed by atoms with Gasteiger partial charge in [-0.25, -0.2) is 12.8 Å². The van der Waals surface area contributed by atoms with Gasteiger partial charge < -0.3 is 4.90 Å². The van der Waals surface area contributed by atoms with Crippen molar-refractivity contribution in [1.29, 1.82) is 0 Å². The Kier molecular flexibility index (Phi) is 5.07. The van der Waals surface area contributed by atoms with Crippen LogP contribution in [0.4, 0.5) is 10.1 Å². The topological polar surface area (TPSA) is 50.3 Å². The third-order valence-corrected chi connectivity index (χ3v) is 7.56. The molecule has 0 saturated carbocycles. The molecule has 4 rings (SSSR count). The SMILES string of the molecule is Cc1ccc2ncc(S(=O)(=O)c3ccc(C)c(F)c3)c(N3CCC(C)CC3)c2c1. The van der Waals surface area contributed by atoms with Crippen molar-refractivity contribution in [1.82, 2.24) is 4.98 Å². The van der Waals surface area contributed by atoms with Crippen molar-refractivity contribution in [3.05, 3.63) is 59.5 Å². The Morgan fingerprint density at radius 2 is 1.79 bits per heavy atom. The molecule has 152 valence electrons. The minimum absolute atomic E-state index is 0.0407. The number of nitrogens with zero attached hydrogens (tertiary/aromatic N) is 2. The minimum Gasteiger partial charge on any atom is -0.370 e. The van der Waals surface area contributed by atoms with Gasteiger partial charge in [0.05, 0.1) is 16.1 Å². The van der Waals surface area contributed by atoms with Gasteiger partial charge in [0.25, 0.3) is 0 Å². The number of hydrogen-bond acceptors (Lipinski definition) is 4. The molecule has 0 spiro atoms. The van der Waals surface area contributed by atoms with Crippen LogP contribution in [0.2, 0.25) is 0 Å². The number of fused-ring (bicyclic) bond motifs is 1. The van der Waals surface area contributed by atoms with Crippen LogP contribution >= 0.6 is 0 Å². The van der Waals surface area contributed by atoms with Crippen molar-refractivity contribution in [3.63, 3.8) is 0 Å². The number of piperidine rings is 1. The Morgan fingerprint density at radius 3 is 2.48 bits per heavy atom. The van der Waals surface area contributed by atoms with Gasteiger partial charge in [0.2, 0.25) is 9.84 Å². The fraction of sp³-hybridized carbons (Fsp3) is 0.348. The van der Waals surface area contributed by atoms with Crippen molar-refractivity contribution >= 4 is 26.4 Å². The highest BCUT2D eigenvalue weighted by molar-refractivity contribution is 7.91. The zero-order valence-electron chi connectivity index (χ0n) is 16.9. The van der Waals surface area contributed by atoms with E-state index in [2.05, 4.69) is 16.8 Å². The van der Waals surface area contributed by atoms with Gasteiger partial charge in [-0.3, -0.25) is 4.98 Å². The lowest BCUT2D eigenvalue weighted by Gasteiger charge is -2.34. The van der Waals surface area contributed by atoms with Crippen molar-refractivity contribution in [2.24, 2.45) is 5.92 Å². The van der Waals surface area contributed by atoms with Crippen molar-refractivity contribution in [2.45, 2.75) is 43.4 Å². The van der Waals surface area contributed by atoms with Gasteiger partial charge in [0, 0.05) is 24.7 Å². The molecule has 1 aliphatic heterocycles. The number of rotatable bonds is 3. The summed E-state index contributed by atoms with van der Waals surface area (Å²) >= 11 is 0. The summed E-state index contributed by atoms with van der Waals surface area (Å²) in [5.74, 6) is 0.0938. The number of sulfone groups is 1. The van der Waals surface area contributed by atoms with Crippen LogP contribution in [0.1, 0.15) is 30.9 Å². The Morgan fingerprint density at radius 1 is 1.07 bits per heavy atom. The molecule has 2 aromatic carbocycles. The van der Waals surface area contributed by atoms with Gasteiger partial charge in [0.15, 0.2) is 0 Å². The zero-order valence-corrected chi connectivity index (χ0v) is 17.8. The third-order valence-electron chi connectivity index (χ3n) is 5.80. The fourth-order valence-electron chi connectivity index (χ4n) is 3.90. The summed E-state index contributed by atoms with van der Waals surface area (Å²) < 4.78 is 41.2. The van der Waals surface area contributed by atoms with E-state index in [-0.39, 0.29) is 9.79 Å². The summed E-state index contributed by atoms with van der Waals surface area (Å²) in [4.78, 5) is 6.68. The van der Waals surface area contributed by atoms with E-state index in [4.69, 9.17) is 0 Å². The van der Waals surface area contributed by atoms with Gasteiger partial charge in [-0.05, 0) is 62.4 Å². The molecule has 6 heteroatoms. The van der Waals surface area contributed by atoms with E-state index in [1.165, 1.54) is 18.3 Å². The lowest BCUT2D eigenvalue weighted by Crippen LogP contribution is -2.34. The summed E-state index contributed by atoms with van der Waals surface area (Å²) in [5, 5.41) is 0.827. The second-order valence-corrected chi connectivity index (χ2v) is 9.99. The van der Waals surface area contributed by atoms with E-state index in [0.717, 1.165) is 48.5 Å². The van der Waals surface area contributed by atoms with E-state index >= 15 is 0 Å². The van der Waals surface area contributed by atoms with Crippen LogP contribution in [0.15, 0.2) is 52.4 Å². The van der Waals surface area contributed by atoms with Gasteiger partial charge in [0.1, 0.15) is 10.7 Å². The molecule has 1 aliphatic rings. The molecule has 1 saturated heterocycles. The predicted octanol–water partition coefficient (Wildman–Crippen LogP) is 5.06. The summed E-state index contributed by atoms with van der Waals surface area (Å²) in [6.07, 6.45) is 3.45. The lowest BCUT2D eigenvalue weighted by atomic mass is 9.98.